The number of carbonyl (C=O) groups excluding carboxylic acids is 1. The molecule has 0 saturated carbocycles. The highest BCUT2D eigenvalue weighted by molar-refractivity contribution is 5.77. The van der Waals surface area contributed by atoms with E-state index in [1.165, 1.54) is 0 Å². The van der Waals surface area contributed by atoms with E-state index in [-0.39, 0.29) is 5.91 Å². The molecule has 0 radical (unpaired) electrons. The summed E-state index contributed by atoms with van der Waals surface area (Å²) in [6.45, 7) is 1.49. The fourth-order valence-corrected chi connectivity index (χ4v) is 1.96. The minimum atomic E-state index is -0.0123. The molecule has 0 unspecified atom stereocenters. The van der Waals surface area contributed by atoms with Gasteiger partial charge in [-0.1, -0.05) is 42.5 Å². The molecule has 0 aliphatic heterocycles. The predicted molar refractivity (Wildman–Crippen MR) is 83.0 cm³/mol. The predicted octanol–water partition coefficient (Wildman–Crippen LogP) is 2.10. The lowest BCUT2D eigenvalue weighted by molar-refractivity contribution is -0.120. The molecule has 2 N–H and O–H groups in total. The first kappa shape index (κ1) is 15.1. The first-order chi connectivity index (χ1) is 10.3. The largest absolute Gasteiger partial charge is 0.497 e. The third-order valence-electron chi connectivity index (χ3n) is 3.08. The van der Waals surface area contributed by atoms with Crippen molar-refractivity contribution in [3.05, 3.63) is 65.7 Å². The van der Waals surface area contributed by atoms with Gasteiger partial charge in [0.05, 0.1) is 13.7 Å². The molecular weight excluding hydrogens is 264 g/mol. The van der Waals surface area contributed by atoms with Crippen LogP contribution in [0.15, 0.2) is 54.6 Å². The summed E-state index contributed by atoms with van der Waals surface area (Å²) in [4.78, 5) is 11.7. The molecule has 2 aromatic rings. The summed E-state index contributed by atoms with van der Waals surface area (Å²) >= 11 is 0. The molecule has 0 aromatic heterocycles. The third-order valence-corrected chi connectivity index (χ3v) is 3.08. The lowest BCUT2D eigenvalue weighted by Crippen LogP contribution is -2.33. The highest BCUT2D eigenvalue weighted by atomic mass is 16.5. The van der Waals surface area contributed by atoms with E-state index in [1.54, 1.807) is 7.11 Å². The van der Waals surface area contributed by atoms with Crippen LogP contribution in [0.5, 0.6) is 5.75 Å². The number of nitrogens with one attached hydrogen (secondary N) is 2. The van der Waals surface area contributed by atoms with E-state index in [2.05, 4.69) is 10.6 Å². The molecule has 0 aliphatic carbocycles. The van der Waals surface area contributed by atoms with Crippen molar-refractivity contribution in [1.82, 2.24) is 10.6 Å². The Bertz CT molecular complexity index is 570. The minimum Gasteiger partial charge on any atom is -0.497 e. The normalized spacial score (nSPS) is 10.1. The molecule has 0 spiro atoms. The molecular formula is C17H20N2O2. The van der Waals surface area contributed by atoms with E-state index < -0.39 is 0 Å². The van der Waals surface area contributed by atoms with Crippen molar-refractivity contribution in [2.45, 2.75) is 13.1 Å². The van der Waals surface area contributed by atoms with Crippen LogP contribution in [0.25, 0.3) is 0 Å². The van der Waals surface area contributed by atoms with Gasteiger partial charge in [-0.3, -0.25) is 4.79 Å². The number of amides is 1. The fraction of sp³-hybridized carbons (Fsp3) is 0.235. The maximum Gasteiger partial charge on any atom is 0.234 e. The van der Waals surface area contributed by atoms with E-state index in [0.29, 0.717) is 19.6 Å². The maximum atomic E-state index is 11.7. The van der Waals surface area contributed by atoms with Crippen molar-refractivity contribution in [3.8, 4) is 5.75 Å². The zero-order valence-electron chi connectivity index (χ0n) is 12.1. The van der Waals surface area contributed by atoms with Crippen molar-refractivity contribution >= 4 is 5.91 Å². The Morgan fingerprint density at radius 3 is 2.52 bits per heavy atom. The molecule has 0 saturated heterocycles. The van der Waals surface area contributed by atoms with Gasteiger partial charge in [0.15, 0.2) is 0 Å². The molecule has 0 bridgehead atoms. The SMILES string of the molecule is COc1cccc(CNCC(=O)NCc2ccccc2)c1. The van der Waals surface area contributed by atoms with Gasteiger partial charge in [-0.05, 0) is 23.3 Å². The van der Waals surface area contributed by atoms with Gasteiger partial charge < -0.3 is 15.4 Å². The van der Waals surface area contributed by atoms with Gasteiger partial charge in [-0.2, -0.15) is 0 Å². The van der Waals surface area contributed by atoms with Crippen molar-refractivity contribution in [2.24, 2.45) is 0 Å². The van der Waals surface area contributed by atoms with Crippen LogP contribution in [0.3, 0.4) is 0 Å². The van der Waals surface area contributed by atoms with Gasteiger partial charge in [0.1, 0.15) is 5.75 Å². The Labute approximate surface area is 125 Å². The lowest BCUT2D eigenvalue weighted by atomic mass is 10.2. The summed E-state index contributed by atoms with van der Waals surface area (Å²) in [5.74, 6) is 0.810. The number of rotatable bonds is 7. The van der Waals surface area contributed by atoms with Crippen LogP contribution in [0.2, 0.25) is 0 Å². The van der Waals surface area contributed by atoms with Gasteiger partial charge >= 0.3 is 0 Å². The zero-order valence-corrected chi connectivity index (χ0v) is 12.1. The second-order valence-electron chi connectivity index (χ2n) is 4.72. The molecule has 1 amide bonds. The topological polar surface area (TPSA) is 50.4 Å². The summed E-state index contributed by atoms with van der Waals surface area (Å²) in [6, 6.07) is 17.6. The van der Waals surface area contributed by atoms with Crippen LogP contribution < -0.4 is 15.4 Å². The minimum absolute atomic E-state index is 0.0123. The first-order valence-corrected chi connectivity index (χ1v) is 6.92. The summed E-state index contributed by atoms with van der Waals surface area (Å²) in [7, 11) is 1.64. The average molecular weight is 284 g/mol. The molecule has 2 rings (SSSR count). The van der Waals surface area contributed by atoms with Gasteiger partial charge in [0.25, 0.3) is 0 Å². The van der Waals surface area contributed by atoms with E-state index in [1.807, 2.05) is 54.6 Å². The Morgan fingerprint density at radius 1 is 1.00 bits per heavy atom. The van der Waals surface area contributed by atoms with Crippen molar-refractivity contribution in [2.75, 3.05) is 13.7 Å². The average Bonchev–Trinajstić information content (AvgIpc) is 2.54. The Hall–Kier alpha value is -2.33. The Kier molecular flexibility index (Phi) is 5.79. The smallest absolute Gasteiger partial charge is 0.234 e. The summed E-state index contributed by atoms with van der Waals surface area (Å²) in [5.41, 5.74) is 2.18. The molecule has 2 aromatic carbocycles. The highest BCUT2D eigenvalue weighted by Crippen LogP contribution is 2.11. The van der Waals surface area contributed by atoms with Crippen LogP contribution in [0.1, 0.15) is 11.1 Å². The number of hydrogen-bond acceptors (Lipinski definition) is 3. The van der Waals surface area contributed by atoms with Gasteiger partial charge in [0.2, 0.25) is 5.91 Å². The molecule has 4 nitrogen and oxygen atoms in total. The molecule has 21 heavy (non-hydrogen) atoms. The van der Waals surface area contributed by atoms with Crippen LogP contribution in [-0.4, -0.2) is 19.6 Å². The number of hydrogen-bond donors (Lipinski definition) is 2. The number of methoxy groups -OCH3 is 1. The van der Waals surface area contributed by atoms with Crippen LogP contribution in [0.4, 0.5) is 0 Å². The first-order valence-electron chi connectivity index (χ1n) is 6.92. The number of benzene rings is 2. The van der Waals surface area contributed by atoms with Crippen LogP contribution >= 0.6 is 0 Å². The number of ether oxygens (including phenoxy) is 1. The van der Waals surface area contributed by atoms with E-state index in [9.17, 15) is 4.79 Å². The van der Waals surface area contributed by atoms with E-state index >= 15 is 0 Å². The highest BCUT2D eigenvalue weighted by Gasteiger charge is 2.01. The third kappa shape index (κ3) is 5.28. The van der Waals surface area contributed by atoms with E-state index in [0.717, 1.165) is 16.9 Å². The molecule has 4 heteroatoms. The van der Waals surface area contributed by atoms with Crippen molar-refractivity contribution in [1.29, 1.82) is 0 Å². The second-order valence-corrected chi connectivity index (χ2v) is 4.72. The van der Waals surface area contributed by atoms with Gasteiger partial charge in [-0.25, -0.2) is 0 Å². The molecule has 0 heterocycles. The Morgan fingerprint density at radius 2 is 1.76 bits per heavy atom. The zero-order chi connectivity index (χ0) is 14.9. The Balaban J connectivity index is 1.69. The fourth-order valence-electron chi connectivity index (χ4n) is 1.96. The second kappa shape index (κ2) is 8.07. The monoisotopic (exact) mass is 284 g/mol. The summed E-state index contributed by atoms with van der Waals surface area (Å²) in [6.07, 6.45) is 0. The lowest BCUT2D eigenvalue weighted by Gasteiger charge is -2.08. The summed E-state index contributed by atoms with van der Waals surface area (Å²) in [5, 5.41) is 6.00. The molecule has 0 fully saturated rings. The maximum absolute atomic E-state index is 11.7. The van der Waals surface area contributed by atoms with E-state index in [4.69, 9.17) is 4.74 Å². The number of carbonyl (C=O) groups is 1. The van der Waals surface area contributed by atoms with Crippen molar-refractivity contribution < 1.29 is 9.53 Å². The van der Waals surface area contributed by atoms with Crippen LogP contribution in [0, 0.1) is 0 Å². The van der Waals surface area contributed by atoms with Crippen molar-refractivity contribution in [3.63, 3.8) is 0 Å². The molecule has 110 valence electrons. The summed E-state index contributed by atoms with van der Waals surface area (Å²) < 4.78 is 5.16. The molecule has 0 aliphatic rings. The quantitative estimate of drug-likeness (QED) is 0.818. The molecule has 0 atom stereocenters. The standard InChI is InChI=1S/C17H20N2O2/c1-21-16-9-5-8-15(10-16)11-18-13-17(20)19-12-14-6-3-2-4-7-14/h2-10,18H,11-13H2,1H3,(H,19,20). The van der Waals surface area contributed by atoms with Gasteiger partial charge in [-0.15, -0.1) is 0 Å². The van der Waals surface area contributed by atoms with Gasteiger partial charge in [0, 0.05) is 13.1 Å². The van der Waals surface area contributed by atoms with Crippen LogP contribution in [-0.2, 0) is 17.9 Å².